The van der Waals surface area contributed by atoms with Gasteiger partial charge in [-0.25, -0.2) is 13.6 Å². The third kappa shape index (κ3) is 2.54. The average molecular weight is 234 g/mol. The Morgan fingerprint density at radius 2 is 1.79 bits per heavy atom. The van der Waals surface area contributed by atoms with Crippen LogP contribution in [0.5, 0.6) is 0 Å². The maximum absolute atomic E-state index is 11.0. The number of carbonyl (C=O) groups excluding carboxylic acids is 1. The highest BCUT2D eigenvalue weighted by molar-refractivity contribution is 7.90. The Labute approximate surface area is 86.7 Å². The van der Waals surface area contributed by atoms with E-state index in [1.165, 1.54) is 12.1 Å². The number of rotatable bonds is 3. The van der Waals surface area contributed by atoms with Crippen LogP contribution in [-0.2, 0) is 14.8 Å². The molecular weight excluding hydrogens is 226 g/mol. The zero-order chi connectivity index (χ0) is 10.8. The number of primary sulfonamides is 1. The molecule has 6 heteroatoms. The van der Waals surface area contributed by atoms with E-state index in [1.54, 1.807) is 18.2 Å². The molecule has 1 atom stereocenters. The summed E-state index contributed by atoms with van der Waals surface area (Å²) in [4.78, 5) is 10.9. The van der Waals surface area contributed by atoms with Crippen LogP contribution in [0.1, 0.15) is 10.8 Å². The first-order valence-electron chi connectivity index (χ1n) is 3.69. The highest BCUT2D eigenvalue weighted by Gasteiger charge is 2.29. The minimum Gasteiger partial charge on any atom is -0.279 e. The van der Waals surface area contributed by atoms with Gasteiger partial charge in [0.25, 0.3) is 0 Å². The fourth-order valence-electron chi connectivity index (χ4n) is 1.08. The smallest absolute Gasteiger partial charge is 0.245 e. The number of nitrogens with two attached hydrogens (primary N) is 1. The van der Waals surface area contributed by atoms with Crippen LogP contribution in [0.15, 0.2) is 30.3 Å². The molecule has 4 nitrogen and oxygen atoms in total. The third-order valence-electron chi connectivity index (χ3n) is 1.64. The number of benzene rings is 1. The van der Waals surface area contributed by atoms with Crippen LogP contribution in [-0.4, -0.2) is 13.7 Å². The molecule has 14 heavy (non-hydrogen) atoms. The largest absolute Gasteiger partial charge is 0.279 e. The lowest BCUT2D eigenvalue weighted by atomic mass is 10.2. The molecule has 0 aliphatic rings. The maximum Gasteiger partial charge on any atom is 0.245 e. The van der Waals surface area contributed by atoms with Gasteiger partial charge in [-0.15, -0.1) is 0 Å². The standard InChI is InChI=1S/C8H8ClNO3S/c9-8(11)7(14(10,12)13)6-4-2-1-3-5-6/h1-5,7H,(H2,10,12,13). The van der Waals surface area contributed by atoms with E-state index < -0.39 is 20.5 Å². The zero-order valence-corrected chi connectivity index (χ0v) is 8.62. The zero-order valence-electron chi connectivity index (χ0n) is 7.05. The minimum atomic E-state index is -4.00. The molecule has 1 unspecified atom stereocenters. The molecule has 0 aliphatic carbocycles. The van der Waals surface area contributed by atoms with Gasteiger partial charge < -0.3 is 0 Å². The summed E-state index contributed by atoms with van der Waals surface area (Å²) in [6.07, 6.45) is 0. The van der Waals surface area contributed by atoms with Gasteiger partial charge in [-0.3, -0.25) is 4.79 Å². The summed E-state index contributed by atoms with van der Waals surface area (Å²) in [5.74, 6) is 0. The molecule has 1 rings (SSSR count). The van der Waals surface area contributed by atoms with E-state index in [4.69, 9.17) is 16.7 Å². The topological polar surface area (TPSA) is 77.2 Å². The van der Waals surface area contributed by atoms with Gasteiger partial charge in [0, 0.05) is 0 Å². The number of hydrogen-bond acceptors (Lipinski definition) is 3. The lowest BCUT2D eigenvalue weighted by Crippen LogP contribution is -2.25. The fraction of sp³-hybridized carbons (Fsp3) is 0.125. The number of hydrogen-bond donors (Lipinski definition) is 1. The van der Waals surface area contributed by atoms with Crippen LogP contribution in [0.4, 0.5) is 0 Å². The first kappa shape index (κ1) is 11.2. The molecular formula is C8H8ClNO3S. The van der Waals surface area contributed by atoms with Crippen LogP contribution < -0.4 is 5.14 Å². The quantitative estimate of drug-likeness (QED) is 0.784. The van der Waals surface area contributed by atoms with Crippen LogP contribution in [0.25, 0.3) is 0 Å². The Balaban J connectivity index is 3.22. The molecule has 0 heterocycles. The lowest BCUT2D eigenvalue weighted by molar-refractivity contribution is -0.111. The molecule has 1 aromatic carbocycles. The molecule has 0 spiro atoms. The van der Waals surface area contributed by atoms with E-state index in [1.807, 2.05) is 0 Å². The van der Waals surface area contributed by atoms with E-state index in [0.717, 1.165) is 0 Å². The van der Waals surface area contributed by atoms with Crippen LogP contribution in [0, 0.1) is 0 Å². The van der Waals surface area contributed by atoms with E-state index >= 15 is 0 Å². The van der Waals surface area contributed by atoms with Crippen molar-refractivity contribution < 1.29 is 13.2 Å². The van der Waals surface area contributed by atoms with Crippen molar-refractivity contribution in [2.45, 2.75) is 5.25 Å². The van der Waals surface area contributed by atoms with Gasteiger partial charge in [0.15, 0.2) is 5.25 Å². The SMILES string of the molecule is NS(=O)(=O)C(C(=O)Cl)c1ccccc1. The number of carbonyl (C=O) groups is 1. The molecule has 76 valence electrons. The number of halogens is 1. The minimum absolute atomic E-state index is 0.273. The average Bonchev–Trinajstić information content (AvgIpc) is 2.02. The predicted molar refractivity (Wildman–Crippen MR) is 53.2 cm³/mol. The second kappa shape index (κ2) is 4.08. The summed E-state index contributed by atoms with van der Waals surface area (Å²) in [5.41, 5.74) is 0.273. The Morgan fingerprint density at radius 3 is 2.14 bits per heavy atom. The summed E-state index contributed by atoms with van der Waals surface area (Å²) < 4.78 is 22.1. The Kier molecular flexibility index (Phi) is 3.25. The second-order valence-electron chi connectivity index (χ2n) is 2.68. The van der Waals surface area contributed by atoms with Crippen molar-refractivity contribution in [2.75, 3.05) is 0 Å². The van der Waals surface area contributed by atoms with E-state index in [2.05, 4.69) is 0 Å². The fourth-order valence-corrected chi connectivity index (χ4v) is 2.37. The normalized spacial score (nSPS) is 13.6. The van der Waals surface area contributed by atoms with Crippen molar-refractivity contribution in [3.63, 3.8) is 0 Å². The first-order valence-corrected chi connectivity index (χ1v) is 5.67. The summed E-state index contributed by atoms with van der Waals surface area (Å²) in [6, 6.07) is 7.87. The van der Waals surface area contributed by atoms with Crippen molar-refractivity contribution in [2.24, 2.45) is 5.14 Å². The summed E-state index contributed by atoms with van der Waals surface area (Å²) >= 11 is 5.16. The number of sulfonamides is 1. The maximum atomic E-state index is 11.0. The molecule has 0 saturated carbocycles. The molecule has 0 radical (unpaired) electrons. The van der Waals surface area contributed by atoms with Gasteiger partial charge in [0.2, 0.25) is 15.3 Å². The van der Waals surface area contributed by atoms with Crippen molar-refractivity contribution in [1.29, 1.82) is 0 Å². The monoisotopic (exact) mass is 233 g/mol. The van der Waals surface area contributed by atoms with Crippen molar-refractivity contribution in [3.05, 3.63) is 35.9 Å². The molecule has 0 bridgehead atoms. The van der Waals surface area contributed by atoms with Crippen molar-refractivity contribution >= 4 is 26.9 Å². The van der Waals surface area contributed by atoms with Gasteiger partial charge >= 0.3 is 0 Å². The molecule has 1 aromatic rings. The Morgan fingerprint density at radius 1 is 1.29 bits per heavy atom. The molecule has 0 fully saturated rings. The summed E-state index contributed by atoms with van der Waals surface area (Å²) in [5, 5.41) is 2.40. The molecule has 0 aliphatic heterocycles. The van der Waals surface area contributed by atoms with Gasteiger partial charge in [-0.1, -0.05) is 30.3 Å². The first-order chi connectivity index (χ1) is 6.43. The van der Waals surface area contributed by atoms with E-state index in [-0.39, 0.29) is 5.56 Å². The van der Waals surface area contributed by atoms with Crippen LogP contribution in [0.3, 0.4) is 0 Å². The van der Waals surface area contributed by atoms with Crippen molar-refractivity contribution in [1.82, 2.24) is 0 Å². The van der Waals surface area contributed by atoms with Gasteiger partial charge in [-0.2, -0.15) is 0 Å². The highest BCUT2D eigenvalue weighted by Crippen LogP contribution is 2.22. The van der Waals surface area contributed by atoms with Crippen LogP contribution in [0.2, 0.25) is 0 Å². The van der Waals surface area contributed by atoms with E-state index in [0.29, 0.717) is 0 Å². The lowest BCUT2D eigenvalue weighted by Gasteiger charge is -2.09. The molecule has 2 N–H and O–H groups in total. The Bertz CT molecular complexity index is 429. The molecule has 0 amide bonds. The van der Waals surface area contributed by atoms with Gasteiger partial charge in [-0.05, 0) is 17.2 Å². The Hall–Kier alpha value is -0.910. The summed E-state index contributed by atoms with van der Waals surface area (Å²) in [7, 11) is -4.00. The predicted octanol–water partition coefficient (Wildman–Crippen LogP) is 0.782. The highest BCUT2D eigenvalue weighted by atomic mass is 35.5. The second-order valence-corrected chi connectivity index (χ2v) is 4.71. The summed E-state index contributed by atoms with van der Waals surface area (Å²) in [6.45, 7) is 0. The van der Waals surface area contributed by atoms with Crippen molar-refractivity contribution in [3.8, 4) is 0 Å². The van der Waals surface area contributed by atoms with E-state index in [9.17, 15) is 13.2 Å². The molecule has 0 aromatic heterocycles. The van der Waals surface area contributed by atoms with Gasteiger partial charge in [0.05, 0.1) is 0 Å². The third-order valence-corrected chi connectivity index (χ3v) is 3.13. The van der Waals surface area contributed by atoms with Gasteiger partial charge in [0.1, 0.15) is 0 Å². The molecule has 0 saturated heterocycles. The van der Waals surface area contributed by atoms with Crippen LogP contribution >= 0.6 is 11.6 Å².